The first kappa shape index (κ1) is 15.1. The minimum absolute atomic E-state index is 0.109. The summed E-state index contributed by atoms with van der Waals surface area (Å²) in [6.07, 6.45) is 6.77. The Kier molecular flexibility index (Phi) is 5.98. The van der Waals surface area contributed by atoms with Gasteiger partial charge in [-0.1, -0.05) is 26.2 Å². The molecule has 0 aromatic carbocycles. The van der Waals surface area contributed by atoms with Crippen LogP contribution in [0.5, 0.6) is 0 Å². The molecule has 0 fully saturated rings. The first-order chi connectivity index (χ1) is 9.06. The molecule has 0 radical (unpaired) electrons. The molecule has 106 valence electrons. The van der Waals surface area contributed by atoms with Crippen LogP contribution in [0.25, 0.3) is 0 Å². The molecule has 1 atom stereocenters. The van der Waals surface area contributed by atoms with E-state index in [0.717, 1.165) is 31.9 Å². The largest absolute Gasteiger partial charge is 0.354 e. The van der Waals surface area contributed by atoms with Gasteiger partial charge in [0, 0.05) is 6.54 Å². The van der Waals surface area contributed by atoms with Crippen LogP contribution in [0.4, 0.5) is 5.69 Å². The van der Waals surface area contributed by atoms with E-state index >= 15 is 0 Å². The van der Waals surface area contributed by atoms with E-state index < -0.39 is 11.0 Å². The van der Waals surface area contributed by atoms with Crippen molar-refractivity contribution in [2.45, 2.75) is 45.6 Å². The summed E-state index contributed by atoms with van der Waals surface area (Å²) in [5, 5.41) is 17.2. The molecule has 1 amide bonds. The van der Waals surface area contributed by atoms with Gasteiger partial charge in [-0.15, -0.1) is 0 Å². The number of unbranched alkanes of at least 4 members (excludes halogenated alkanes) is 3. The van der Waals surface area contributed by atoms with Crippen molar-refractivity contribution in [3.05, 3.63) is 22.5 Å². The van der Waals surface area contributed by atoms with Gasteiger partial charge in [0.2, 0.25) is 5.91 Å². The Morgan fingerprint density at radius 2 is 2.26 bits per heavy atom. The van der Waals surface area contributed by atoms with Crippen LogP contribution in [-0.2, 0) is 4.79 Å². The maximum absolute atomic E-state index is 11.8. The molecule has 0 aliphatic rings. The van der Waals surface area contributed by atoms with E-state index in [1.54, 1.807) is 6.92 Å². The average Bonchev–Trinajstić information content (AvgIpc) is 2.87. The van der Waals surface area contributed by atoms with E-state index in [2.05, 4.69) is 17.3 Å². The molecule has 0 bridgehead atoms. The fraction of sp³-hybridized carbons (Fsp3) is 0.667. The molecule has 19 heavy (non-hydrogen) atoms. The molecule has 0 spiro atoms. The van der Waals surface area contributed by atoms with Crippen molar-refractivity contribution < 1.29 is 9.72 Å². The summed E-state index contributed by atoms with van der Waals surface area (Å²) in [4.78, 5) is 21.8. The third-order valence-corrected chi connectivity index (χ3v) is 2.90. The average molecular weight is 268 g/mol. The summed E-state index contributed by atoms with van der Waals surface area (Å²) < 4.78 is 1.31. The lowest BCUT2D eigenvalue weighted by Gasteiger charge is -2.12. The smallest absolute Gasteiger partial charge is 0.307 e. The highest BCUT2D eigenvalue weighted by Crippen LogP contribution is 2.12. The Hall–Kier alpha value is -1.92. The Morgan fingerprint density at radius 3 is 2.84 bits per heavy atom. The van der Waals surface area contributed by atoms with Gasteiger partial charge in [-0.3, -0.25) is 19.6 Å². The van der Waals surface area contributed by atoms with Crippen LogP contribution >= 0.6 is 0 Å². The zero-order valence-electron chi connectivity index (χ0n) is 11.3. The van der Waals surface area contributed by atoms with E-state index in [1.165, 1.54) is 10.9 Å². The standard InChI is InChI=1S/C12H20N4O3/c1-3-4-5-6-7-13-12(17)10(2)15-9-11(8-14-15)16(18)19/h8-10H,3-7H2,1-2H3,(H,13,17). The quantitative estimate of drug-likeness (QED) is 0.444. The minimum Gasteiger partial charge on any atom is -0.354 e. The summed E-state index contributed by atoms with van der Waals surface area (Å²) >= 11 is 0. The lowest BCUT2D eigenvalue weighted by atomic mass is 10.2. The molecule has 1 heterocycles. The molecule has 0 saturated carbocycles. The van der Waals surface area contributed by atoms with E-state index in [9.17, 15) is 14.9 Å². The molecular formula is C12H20N4O3. The first-order valence-electron chi connectivity index (χ1n) is 6.52. The highest BCUT2D eigenvalue weighted by Gasteiger charge is 2.18. The molecule has 1 N–H and O–H groups in total. The van der Waals surface area contributed by atoms with Gasteiger partial charge in [-0.05, 0) is 13.3 Å². The second-order valence-corrected chi connectivity index (χ2v) is 4.46. The van der Waals surface area contributed by atoms with Crippen molar-refractivity contribution in [2.24, 2.45) is 0 Å². The molecule has 1 rings (SSSR count). The van der Waals surface area contributed by atoms with Crippen LogP contribution in [0, 0.1) is 10.1 Å². The topological polar surface area (TPSA) is 90.1 Å². The van der Waals surface area contributed by atoms with Gasteiger partial charge in [0.1, 0.15) is 18.4 Å². The molecule has 0 aliphatic heterocycles. The number of nitrogens with zero attached hydrogens (tertiary/aromatic N) is 3. The number of amides is 1. The highest BCUT2D eigenvalue weighted by molar-refractivity contribution is 5.79. The van der Waals surface area contributed by atoms with E-state index in [0.29, 0.717) is 6.54 Å². The maximum Gasteiger partial charge on any atom is 0.307 e. The predicted molar refractivity (Wildman–Crippen MR) is 70.7 cm³/mol. The molecular weight excluding hydrogens is 248 g/mol. The maximum atomic E-state index is 11.8. The number of carbonyl (C=O) groups is 1. The number of carbonyl (C=O) groups excluding carboxylic acids is 1. The van der Waals surface area contributed by atoms with E-state index in [1.807, 2.05) is 0 Å². The normalized spacial score (nSPS) is 12.1. The van der Waals surface area contributed by atoms with E-state index in [4.69, 9.17) is 0 Å². The van der Waals surface area contributed by atoms with Crippen LogP contribution in [0.3, 0.4) is 0 Å². The summed E-state index contributed by atoms with van der Waals surface area (Å²) in [6.45, 7) is 4.43. The monoisotopic (exact) mass is 268 g/mol. The molecule has 7 nitrogen and oxygen atoms in total. The zero-order valence-corrected chi connectivity index (χ0v) is 11.3. The Bertz CT molecular complexity index is 430. The highest BCUT2D eigenvalue weighted by atomic mass is 16.6. The van der Waals surface area contributed by atoms with Crippen molar-refractivity contribution in [3.8, 4) is 0 Å². The lowest BCUT2D eigenvalue weighted by Crippen LogP contribution is -2.31. The number of hydrogen-bond donors (Lipinski definition) is 1. The Morgan fingerprint density at radius 1 is 1.53 bits per heavy atom. The van der Waals surface area contributed by atoms with Gasteiger partial charge in [0.05, 0.1) is 4.92 Å². The number of hydrogen-bond acceptors (Lipinski definition) is 4. The molecule has 0 aliphatic carbocycles. The Balaban J connectivity index is 2.40. The summed E-state index contributed by atoms with van der Waals surface area (Å²) in [5.74, 6) is -0.172. The van der Waals surface area contributed by atoms with Crippen molar-refractivity contribution >= 4 is 11.6 Å². The van der Waals surface area contributed by atoms with Gasteiger partial charge >= 0.3 is 5.69 Å². The van der Waals surface area contributed by atoms with Crippen LogP contribution < -0.4 is 5.32 Å². The lowest BCUT2D eigenvalue weighted by molar-refractivity contribution is -0.385. The molecule has 1 unspecified atom stereocenters. The van der Waals surface area contributed by atoms with Crippen LogP contribution in [0.15, 0.2) is 12.4 Å². The zero-order chi connectivity index (χ0) is 14.3. The van der Waals surface area contributed by atoms with Gasteiger partial charge in [0.15, 0.2) is 0 Å². The first-order valence-corrected chi connectivity index (χ1v) is 6.52. The predicted octanol–water partition coefficient (Wildman–Crippen LogP) is 2.05. The van der Waals surface area contributed by atoms with Gasteiger partial charge in [0.25, 0.3) is 0 Å². The fourth-order valence-electron chi connectivity index (χ4n) is 1.67. The molecule has 7 heteroatoms. The van der Waals surface area contributed by atoms with Crippen molar-refractivity contribution in [2.75, 3.05) is 6.54 Å². The van der Waals surface area contributed by atoms with E-state index in [-0.39, 0.29) is 11.6 Å². The van der Waals surface area contributed by atoms with Crippen LogP contribution in [-0.4, -0.2) is 27.2 Å². The van der Waals surface area contributed by atoms with Crippen molar-refractivity contribution in [3.63, 3.8) is 0 Å². The minimum atomic E-state index is -0.542. The third-order valence-electron chi connectivity index (χ3n) is 2.90. The van der Waals surface area contributed by atoms with Gasteiger partial charge < -0.3 is 5.32 Å². The molecule has 1 aromatic rings. The number of nitrogens with one attached hydrogen (secondary N) is 1. The van der Waals surface area contributed by atoms with Crippen molar-refractivity contribution in [1.29, 1.82) is 0 Å². The fourth-order valence-corrected chi connectivity index (χ4v) is 1.67. The Labute approximate surface area is 112 Å². The van der Waals surface area contributed by atoms with Gasteiger partial charge in [-0.25, -0.2) is 0 Å². The summed E-state index contributed by atoms with van der Waals surface area (Å²) in [5.41, 5.74) is -0.109. The molecule has 0 saturated heterocycles. The number of nitro groups is 1. The van der Waals surface area contributed by atoms with Crippen LogP contribution in [0.2, 0.25) is 0 Å². The number of aromatic nitrogens is 2. The third kappa shape index (κ3) is 4.69. The SMILES string of the molecule is CCCCCCNC(=O)C(C)n1cc([N+](=O)[O-])cn1. The molecule has 1 aromatic heterocycles. The summed E-state index contributed by atoms with van der Waals surface area (Å²) in [7, 11) is 0. The van der Waals surface area contributed by atoms with Gasteiger partial charge in [-0.2, -0.15) is 5.10 Å². The summed E-state index contributed by atoms with van der Waals surface area (Å²) in [6, 6.07) is -0.542. The van der Waals surface area contributed by atoms with Crippen molar-refractivity contribution in [1.82, 2.24) is 15.1 Å². The number of rotatable bonds is 8. The van der Waals surface area contributed by atoms with Crippen LogP contribution in [0.1, 0.15) is 45.6 Å². The second-order valence-electron chi connectivity index (χ2n) is 4.46. The second kappa shape index (κ2) is 7.50.